The molecule has 0 aromatic carbocycles. The average Bonchev–Trinajstić information content (AvgIpc) is 2.18. The Morgan fingerprint density at radius 3 is 3.08 bits per heavy atom. The quantitative estimate of drug-likeness (QED) is 0.637. The number of aromatic nitrogens is 2. The van der Waals surface area contributed by atoms with Gasteiger partial charge in [0, 0.05) is 12.6 Å². The summed E-state index contributed by atoms with van der Waals surface area (Å²) in [5, 5.41) is 7.46. The Labute approximate surface area is 75.9 Å². The van der Waals surface area contributed by atoms with E-state index in [-0.39, 0.29) is 0 Å². The number of hydrogen-bond acceptors (Lipinski definition) is 5. The van der Waals surface area contributed by atoms with Gasteiger partial charge >= 0.3 is 5.97 Å². The van der Waals surface area contributed by atoms with Crippen molar-refractivity contribution in [3.05, 3.63) is 24.0 Å². The molecule has 1 aromatic heterocycles. The van der Waals surface area contributed by atoms with Crippen LogP contribution in [-0.4, -0.2) is 29.3 Å². The van der Waals surface area contributed by atoms with Gasteiger partial charge in [-0.3, -0.25) is 4.79 Å². The van der Waals surface area contributed by atoms with Crippen LogP contribution in [0.25, 0.3) is 0 Å². The summed E-state index contributed by atoms with van der Waals surface area (Å²) in [6, 6.07) is 2.84. The van der Waals surface area contributed by atoms with Crippen molar-refractivity contribution in [3.63, 3.8) is 0 Å². The van der Waals surface area contributed by atoms with Gasteiger partial charge in [-0.05, 0) is 12.1 Å². The highest BCUT2D eigenvalue weighted by atomic mass is 16.5. The van der Waals surface area contributed by atoms with Crippen molar-refractivity contribution in [2.45, 2.75) is 12.5 Å². The fraction of sp³-hybridized carbons (Fsp3) is 0.375. The van der Waals surface area contributed by atoms with Gasteiger partial charge in [-0.25, -0.2) is 0 Å². The van der Waals surface area contributed by atoms with E-state index < -0.39 is 12.0 Å². The summed E-state index contributed by atoms with van der Waals surface area (Å²) in [5.74, 6) is -0.439. The van der Waals surface area contributed by atoms with E-state index in [2.05, 4.69) is 14.9 Å². The first-order chi connectivity index (χ1) is 6.24. The van der Waals surface area contributed by atoms with Crippen LogP contribution in [0.3, 0.4) is 0 Å². The molecule has 5 heteroatoms. The first-order valence-corrected chi connectivity index (χ1v) is 3.84. The number of carbonyl (C=O) groups excluding carboxylic acids is 1. The van der Waals surface area contributed by atoms with Gasteiger partial charge in [-0.1, -0.05) is 0 Å². The maximum atomic E-state index is 10.9. The normalized spacial score (nSPS) is 12.2. The summed E-state index contributed by atoms with van der Waals surface area (Å²) in [6.45, 7) is 0. The van der Waals surface area contributed by atoms with Gasteiger partial charge in [0.25, 0.3) is 0 Å². The lowest BCUT2D eigenvalue weighted by atomic mass is 10.1. The summed E-state index contributed by atoms with van der Waals surface area (Å²) in [4.78, 5) is 10.9. The van der Waals surface area contributed by atoms with E-state index in [1.54, 1.807) is 18.3 Å². The van der Waals surface area contributed by atoms with E-state index in [1.807, 2.05) is 0 Å². The molecule has 0 radical (unpaired) electrons. The zero-order valence-corrected chi connectivity index (χ0v) is 7.30. The lowest BCUT2D eigenvalue weighted by Gasteiger charge is -2.06. The number of nitrogens with two attached hydrogens (primary N) is 1. The molecule has 0 fully saturated rings. The molecule has 0 aliphatic rings. The van der Waals surface area contributed by atoms with Crippen molar-refractivity contribution < 1.29 is 9.53 Å². The fourth-order valence-corrected chi connectivity index (χ4v) is 0.902. The number of ether oxygens (including phenoxy) is 1. The van der Waals surface area contributed by atoms with Crippen LogP contribution in [0, 0.1) is 0 Å². The smallest absolute Gasteiger partial charge is 0.323 e. The predicted octanol–water partition coefficient (Wildman–Crippen LogP) is -0.481. The highest BCUT2D eigenvalue weighted by Crippen LogP contribution is 1.97. The number of carbonyl (C=O) groups is 1. The standard InChI is InChI=1S/C8H11N3O2/c1-13-8(12)7(9)5-6-3-2-4-10-11-6/h2-4,7H,5,9H2,1H3/t7-/m0/s1. The molecule has 0 amide bonds. The highest BCUT2D eigenvalue weighted by Gasteiger charge is 2.14. The molecular weight excluding hydrogens is 170 g/mol. The molecule has 1 atom stereocenters. The number of hydrogen-bond donors (Lipinski definition) is 1. The number of methoxy groups -OCH3 is 1. The van der Waals surface area contributed by atoms with Crippen molar-refractivity contribution in [1.82, 2.24) is 10.2 Å². The molecule has 0 saturated carbocycles. The molecule has 0 spiro atoms. The molecular formula is C8H11N3O2. The zero-order chi connectivity index (χ0) is 9.68. The van der Waals surface area contributed by atoms with Crippen LogP contribution in [0.1, 0.15) is 5.69 Å². The molecule has 2 N–H and O–H groups in total. The van der Waals surface area contributed by atoms with Gasteiger partial charge in [0.2, 0.25) is 0 Å². The fourth-order valence-electron chi connectivity index (χ4n) is 0.902. The van der Waals surface area contributed by atoms with Crippen molar-refractivity contribution in [1.29, 1.82) is 0 Å². The topological polar surface area (TPSA) is 78.1 Å². The molecule has 0 saturated heterocycles. The second-order valence-electron chi connectivity index (χ2n) is 2.55. The Hall–Kier alpha value is -1.49. The van der Waals surface area contributed by atoms with Gasteiger partial charge in [0.05, 0.1) is 12.8 Å². The minimum Gasteiger partial charge on any atom is -0.468 e. The molecule has 0 aliphatic heterocycles. The second-order valence-corrected chi connectivity index (χ2v) is 2.55. The van der Waals surface area contributed by atoms with Gasteiger partial charge in [0.1, 0.15) is 6.04 Å². The van der Waals surface area contributed by atoms with E-state index in [0.29, 0.717) is 12.1 Å². The van der Waals surface area contributed by atoms with Gasteiger partial charge in [-0.15, -0.1) is 0 Å². The van der Waals surface area contributed by atoms with E-state index in [1.165, 1.54) is 7.11 Å². The van der Waals surface area contributed by atoms with E-state index in [9.17, 15) is 4.79 Å². The van der Waals surface area contributed by atoms with Gasteiger partial charge in [0.15, 0.2) is 0 Å². The Kier molecular flexibility index (Phi) is 3.33. The summed E-state index contributed by atoms with van der Waals surface area (Å²) in [6.07, 6.45) is 1.91. The monoisotopic (exact) mass is 181 g/mol. The van der Waals surface area contributed by atoms with Crippen LogP contribution in [0.15, 0.2) is 18.3 Å². The third-order valence-corrected chi connectivity index (χ3v) is 1.56. The number of nitrogens with zero attached hydrogens (tertiary/aromatic N) is 2. The van der Waals surface area contributed by atoms with Gasteiger partial charge in [-0.2, -0.15) is 10.2 Å². The van der Waals surface area contributed by atoms with Gasteiger partial charge < -0.3 is 10.5 Å². The molecule has 1 heterocycles. The van der Waals surface area contributed by atoms with E-state index >= 15 is 0 Å². The van der Waals surface area contributed by atoms with Crippen molar-refractivity contribution in [2.24, 2.45) is 5.73 Å². The highest BCUT2D eigenvalue weighted by molar-refractivity contribution is 5.75. The second kappa shape index (κ2) is 4.51. The minimum absolute atomic E-state index is 0.348. The Bertz CT molecular complexity index is 276. The Morgan fingerprint density at radius 1 is 1.77 bits per heavy atom. The molecule has 0 unspecified atom stereocenters. The molecule has 0 bridgehead atoms. The SMILES string of the molecule is COC(=O)[C@@H](N)Cc1cccnn1. The van der Waals surface area contributed by atoms with Crippen molar-refractivity contribution in [3.8, 4) is 0 Å². The molecule has 13 heavy (non-hydrogen) atoms. The molecule has 1 rings (SSSR count). The lowest BCUT2D eigenvalue weighted by molar-refractivity contribution is -0.142. The molecule has 5 nitrogen and oxygen atoms in total. The number of rotatable bonds is 3. The third-order valence-electron chi connectivity index (χ3n) is 1.56. The van der Waals surface area contributed by atoms with Crippen molar-refractivity contribution in [2.75, 3.05) is 7.11 Å². The minimum atomic E-state index is -0.665. The molecule has 0 aliphatic carbocycles. The summed E-state index contributed by atoms with van der Waals surface area (Å²) in [7, 11) is 1.30. The summed E-state index contributed by atoms with van der Waals surface area (Å²) in [5.41, 5.74) is 6.20. The molecule has 1 aromatic rings. The Morgan fingerprint density at radius 2 is 2.54 bits per heavy atom. The van der Waals surface area contributed by atoms with E-state index in [0.717, 1.165) is 0 Å². The first-order valence-electron chi connectivity index (χ1n) is 3.84. The summed E-state index contributed by atoms with van der Waals surface area (Å²) < 4.78 is 4.47. The third kappa shape index (κ3) is 2.79. The first kappa shape index (κ1) is 9.60. The maximum Gasteiger partial charge on any atom is 0.323 e. The number of esters is 1. The predicted molar refractivity (Wildman–Crippen MR) is 45.7 cm³/mol. The zero-order valence-electron chi connectivity index (χ0n) is 7.30. The van der Waals surface area contributed by atoms with Crippen molar-refractivity contribution >= 4 is 5.97 Å². The van der Waals surface area contributed by atoms with Crippen LogP contribution in [0.2, 0.25) is 0 Å². The Balaban J connectivity index is 2.55. The lowest BCUT2D eigenvalue weighted by Crippen LogP contribution is -2.33. The van der Waals surface area contributed by atoms with Crippen LogP contribution in [0.5, 0.6) is 0 Å². The van der Waals surface area contributed by atoms with Crippen LogP contribution < -0.4 is 5.73 Å². The average molecular weight is 181 g/mol. The summed E-state index contributed by atoms with van der Waals surface area (Å²) >= 11 is 0. The molecule has 70 valence electrons. The largest absolute Gasteiger partial charge is 0.468 e. The van der Waals surface area contributed by atoms with Crippen LogP contribution >= 0.6 is 0 Å². The van der Waals surface area contributed by atoms with E-state index in [4.69, 9.17) is 5.73 Å². The van der Waals surface area contributed by atoms with Crippen LogP contribution in [0.4, 0.5) is 0 Å². The maximum absolute atomic E-state index is 10.9. The van der Waals surface area contributed by atoms with Crippen LogP contribution in [-0.2, 0) is 16.0 Å².